The van der Waals surface area contributed by atoms with Crippen LogP contribution in [0.3, 0.4) is 0 Å². The lowest BCUT2D eigenvalue weighted by Gasteiger charge is -1.99. The Kier molecular flexibility index (Phi) is 2.22. The van der Waals surface area contributed by atoms with Crippen molar-refractivity contribution in [2.24, 2.45) is 0 Å². The molecule has 0 N–H and O–H groups in total. The van der Waals surface area contributed by atoms with Crippen LogP contribution < -0.4 is 0 Å². The zero-order valence-corrected chi connectivity index (χ0v) is 8.96. The first-order valence-electron chi connectivity index (χ1n) is 5.28. The molecule has 3 heteroatoms. The van der Waals surface area contributed by atoms with Gasteiger partial charge in [-0.1, -0.05) is 24.3 Å². The highest BCUT2D eigenvalue weighted by atomic mass is 16.3. The third-order valence-corrected chi connectivity index (χ3v) is 2.59. The van der Waals surface area contributed by atoms with Gasteiger partial charge in [0.1, 0.15) is 5.69 Å². The number of nitrogens with zero attached hydrogens (tertiary/aromatic N) is 1. The lowest BCUT2D eigenvalue weighted by molar-refractivity contribution is 0.110. The van der Waals surface area contributed by atoms with Crippen LogP contribution in [0.4, 0.5) is 0 Å². The van der Waals surface area contributed by atoms with Crippen LogP contribution in [0.25, 0.3) is 22.4 Å². The fourth-order valence-corrected chi connectivity index (χ4v) is 1.76. The second-order valence-electron chi connectivity index (χ2n) is 3.71. The number of hydrogen-bond acceptors (Lipinski definition) is 3. The minimum Gasteiger partial charge on any atom is -0.452 e. The van der Waals surface area contributed by atoms with E-state index in [9.17, 15) is 4.79 Å². The van der Waals surface area contributed by atoms with Gasteiger partial charge in [-0.3, -0.25) is 4.79 Å². The Morgan fingerprint density at radius 3 is 2.71 bits per heavy atom. The molecular weight excluding hydrogens is 214 g/mol. The molecule has 0 atom stereocenters. The number of rotatable bonds is 2. The molecule has 3 aromatic rings. The van der Waals surface area contributed by atoms with Gasteiger partial charge >= 0.3 is 0 Å². The molecule has 0 unspecified atom stereocenters. The molecule has 17 heavy (non-hydrogen) atoms. The molecule has 0 saturated heterocycles. The number of carbonyl (C=O) groups is 1. The molecule has 0 spiro atoms. The van der Waals surface area contributed by atoms with E-state index in [-0.39, 0.29) is 0 Å². The smallest absolute Gasteiger partial charge is 0.185 e. The molecule has 0 aliphatic heterocycles. The number of carbonyl (C=O) groups excluding carboxylic acids is 1. The van der Waals surface area contributed by atoms with E-state index >= 15 is 0 Å². The van der Waals surface area contributed by atoms with Crippen molar-refractivity contribution in [3.63, 3.8) is 0 Å². The van der Waals surface area contributed by atoms with Crippen LogP contribution in [0.15, 0.2) is 52.9 Å². The molecule has 0 amide bonds. The van der Waals surface area contributed by atoms with Gasteiger partial charge in [-0.15, -0.1) is 0 Å². The topological polar surface area (TPSA) is 43.1 Å². The van der Waals surface area contributed by atoms with Gasteiger partial charge in [-0.2, -0.15) is 0 Å². The number of fused-ring (bicyclic) bond motifs is 1. The van der Waals surface area contributed by atoms with Crippen molar-refractivity contribution in [3.8, 4) is 11.5 Å². The van der Waals surface area contributed by atoms with E-state index in [0.29, 0.717) is 17.8 Å². The van der Waals surface area contributed by atoms with Crippen molar-refractivity contribution in [1.29, 1.82) is 0 Å². The molecule has 3 nitrogen and oxygen atoms in total. The molecular formula is C14H9NO2. The number of benzene rings is 1. The van der Waals surface area contributed by atoms with Crippen molar-refractivity contribution in [3.05, 3.63) is 54.3 Å². The molecule has 2 heterocycles. The van der Waals surface area contributed by atoms with E-state index in [0.717, 1.165) is 16.6 Å². The minimum absolute atomic E-state index is 0.315. The lowest BCUT2D eigenvalue weighted by Crippen LogP contribution is -1.83. The van der Waals surface area contributed by atoms with Gasteiger partial charge in [-0.05, 0) is 24.3 Å². The summed E-state index contributed by atoms with van der Waals surface area (Å²) in [5.41, 5.74) is 1.64. The maximum absolute atomic E-state index is 10.5. The molecule has 82 valence electrons. The van der Waals surface area contributed by atoms with Crippen molar-refractivity contribution < 1.29 is 9.21 Å². The summed E-state index contributed by atoms with van der Waals surface area (Å²) >= 11 is 0. The first kappa shape index (κ1) is 9.78. The Labute approximate surface area is 97.7 Å². The zero-order chi connectivity index (χ0) is 11.7. The molecule has 1 aromatic carbocycles. The number of para-hydroxylation sites is 1. The first-order chi connectivity index (χ1) is 8.36. The third-order valence-electron chi connectivity index (χ3n) is 2.59. The van der Waals surface area contributed by atoms with Crippen LogP contribution >= 0.6 is 0 Å². The summed E-state index contributed by atoms with van der Waals surface area (Å²) in [6.07, 6.45) is 0.685. The molecule has 0 aliphatic rings. The van der Waals surface area contributed by atoms with E-state index in [4.69, 9.17) is 4.42 Å². The number of aromatic nitrogens is 1. The van der Waals surface area contributed by atoms with Crippen LogP contribution in [0, 0.1) is 0 Å². The fraction of sp³-hybridized carbons (Fsp3) is 0. The largest absolute Gasteiger partial charge is 0.452 e. The summed E-state index contributed by atoms with van der Waals surface area (Å²) in [4.78, 5) is 15.0. The predicted octanol–water partition coefficient (Wildman–Crippen LogP) is 3.31. The predicted molar refractivity (Wildman–Crippen MR) is 64.8 cm³/mol. The number of furan rings is 1. The van der Waals surface area contributed by atoms with Crippen molar-refractivity contribution >= 4 is 17.2 Å². The summed E-state index contributed by atoms with van der Waals surface area (Å²) in [5.74, 6) is 0.924. The molecule has 0 aliphatic carbocycles. The van der Waals surface area contributed by atoms with Crippen molar-refractivity contribution in [2.75, 3.05) is 0 Å². The minimum atomic E-state index is 0.315. The summed E-state index contributed by atoms with van der Waals surface area (Å²) < 4.78 is 5.34. The molecule has 0 bridgehead atoms. The Hall–Kier alpha value is -2.42. The van der Waals surface area contributed by atoms with E-state index in [1.807, 2.05) is 36.4 Å². The molecule has 0 saturated carbocycles. The Bertz CT molecular complexity index is 685. The Balaban J connectivity index is 2.14. The SMILES string of the molecule is O=Cc1ccc(-c2ccc3ccccc3n2)o1. The normalized spacial score (nSPS) is 10.6. The fourth-order valence-electron chi connectivity index (χ4n) is 1.76. The second kappa shape index (κ2) is 3.87. The van der Waals surface area contributed by atoms with Crippen molar-refractivity contribution in [2.45, 2.75) is 0 Å². The van der Waals surface area contributed by atoms with Gasteiger partial charge in [0.25, 0.3) is 0 Å². The third kappa shape index (κ3) is 1.72. The quantitative estimate of drug-likeness (QED) is 0.626. The summed E-state index contributed by atoms with van der Waals surface area (Å²) in [6, 6.07) is 15.1. The second-order valence-corrected chi connectivity index (χ2v) is 3.71. The van der Waals surface area contributed by atoms with Gasteiger partial charge in [0.15, 0.2) is 17.8 Å². The summed E-state index contributed by atoms with van der Waals surface area (Å²) in [6.45, 7) is 0. The standard InChI is InChI=1S/C14H9NO2/c16-9-11-6-8-14(17-11)13-7-5-10-3-1-2-4-12(10)15-13/h1-9H. The average Bonchev–Trinajstić information content (AvgIpc) is 2.87. The highest BCUT2D eigenvalue weighted by Gasteiger charge is 2.06. The van der Waals surface area contributed by atoms with Crippen LogP contribution in [0.2, 0.25) is 0 Å². The molecule has 0 fully saturated rings. The monoisotopic (exact) mass is 223 g/mol. The van der Waals surface area contributed by atoms with E-state index in [1.54, 1.807) is 12.1 Å². The first-order valence-corrected chi connectivity index (χ1v) is 5.28. The van der Waals surface area contributed by atoms with E-state index in [1.165, 1.54) is 0 Å². The average molecular weight is 223 g/mol. The molecule has 2 aromatic heterocycles. The van der Waals surface area contributed by atoms with Crippen LogP contribution in [0.5, 0.6) is 0 Å². The summed E-state index contributed by atoms with van der Waals surface area (Å²) in [7, 11) is 0. The maximum Gasteiger partial charge on any atom is 0.185 e. The van der Waals surface area contributed by atoms with Crippen molar-refractivity contribution in [1.82, 2.24) is 4.98 Å². The number of aldehydes is 1. The van der Waals surface area contributed by atoms with Gasteiger partial charge in [0, 0.05) is 5.39 Å². The van der Waals surface area contributed by atoms with Gasteiger partial charge in [-0.25, -0.2) is 4.98 Å². The van der Waals surface area contributed by atoms with Gasteiger partial charge in [0.05, 0.1) is 5.52 Å². The van der Waals surface area contributed by atoms with Crippen LogP contribution in [0.1, 0.15) is 10.6 Å². The van der Waals surface area contributed by atoms with E-state index < -0.39 is 0 Å². The maximum atomic E-state index is 10.5. The summed E-state index contributed by atoms with van der Waals surface area (Å²) in [5, 5.41) is 1.08. The molecule has 0 radical (unpaired) electrons. The van der Waals surface area contributed by atoms with Gasteiger partial charge < -0.3 is 4.42 Å². The van der Waals surface area contributed by atoms with Crippen LogP contribution in [-0.4, -0.2) is 11.3 Å². The highest BCUT2D eigenvalue weighted by Crippen LogP contribution is 2.22. The Morgan fingerprint density at radius 2 is 1.88 bits per heavy atom. The number of pyridine rings is 1. The zero-order valence-electron chi connectivity index (χ0n) is 8.96. The van der Waals surface area contributed by atoms with E-state index in [2.05, 4.69) is 4.98 Å². The highest BCUT2D eigenvalue weighted by molar-refractivity contribution is 5.81. The Morgan fingerprint density at radius 1 is 1.00 bits per heavy atom. The number of hydrogen-bond donors (Lipinski definition) is 0. The van der Waals surface area contributed by atoms with Gasteiger partial charge in [0.2, 0.25) is 0 Å². The molecule has 3 rings (SSSR count). The lowest BCUT2D eigenvalue weighted by atomic mass is 10.2. The van der Waals surface area contributed by atoms with Crippen LogP contribution in [-0.2, 0) is 0 Å².